The summed E-state index contributed by atoms with van der Waals surface area (Å²) in [4.78, 5) is 6.81. The molecular formula is C18H26FN3. The number of nitrogens with zero attached hydrogens (tertiary/aromatic N) is 2. The van der Waals surface area contributed by atoms with E-state index in [1.165, 1.54) is 31.2 Å². The highest BCUT2D eigenvalue weighted by Crippen LogP contribution is 2.47. The predicted molar refractivity (Wildman–Crippen MR) is 88.6 cm³/mol. The summed E-state index contributed by atoms with van der Waals surface area (Å²) in [6, 6.07) is 6.98. The molecule has 0 amide bonds. The molecule has 3 rings (SSSR count). The molecule has 0 unspecified atom stereocenters. The van der Waals surface area contributed by atoms with Crippen molar-refractivity contribution in [2.75, 3.05) is 26.7 Å². The largest absolute Gasteiger partial charge is 0.355 e. The van der Waals surface area contributed by atoms with Crippen LogP contribution in [0.2, 0.25) is 0 Å². The lowest BCUT2D eigenvalue weighted by atomic mass is 9.96. The molecule has 0 atom stereocenters. The third-order valence-electron chi connectivity index (χ3n) is 5.19. The molecule has 1 saturated carbocycles. The zero-order valence-corrected chi connectivity index (χ0v) is 13.6. The van der Waals surface area contributed by atoms with Gasteiger partial charge in [-0.15, -0.1) is 0 Å². The molecule has 0 aromatic heterocycles. The van der Waals surface area contributed by atoms with Crippen LogP contribution >= 0.6 is 0 Å². The molecule has 1 aromatic rings. The molecule has 1 N–H and O–H groups in total. The van der Waals surface area contributed by atoms with Gasteiger partial charge in [-0.25, -0.2) is 4.39 Å². The summed E-state index contributed by atoms with van der Waals surface area (Å²) in [5.41, 5.74) is 1.41. The Morgan fingerprint density at radius 1 is 1.27 bits per heavy atom. The molecule has 1 aliphatic heterocycles. The predicted octanol–water partition coefficient (Wildman–Crippen LogP) is 3.16. The lowest BCUT2D eigenvalue weighted by Gasteiger charge is -2.33. The van der Waals surface area contributed by atoms with Crippen molar-refractivity contribution in [3.05, 3.63) is 35.6 Å². The van der Waals surface area contributed by atoms with Crippen LogP contribution in [0.1, 0.15) is 38.2 Å². The Hall–Kier alpha value is -1.58. The van der Waals surface area contributed by atoms with Crippen molar-refractivity contribution >= 4 is 5.96 Å². The summed E-state index contributed by atoms with van der Waals surface area (Å²) < 4.78 is 13.1. The number of nitrogens with one attached hydrogen (secondary N) is 1. The summed E-state index contributed by atoms with van der Waals surface area (Å²) in [5.74, 6) is 1.68. The zero-order valence-electron chi connectivity index (χ0n) is 13.6. The van der Waals surface area contributed by atoms with E-state index in [1.807, 2.05) is 19.2 Å². The number of piperidine rings is 1. The summed E-state index contributed by atoms with van der Waals surface area (Å²) >= 11 is 0. The van der Waals surface area contributed by atoms with Crippen LogP contribution in [0, 0.1) is 11.7 Å². The van der Waals surface area contributed by atoms with E-state index in [4.69, 9.17) is 0 Å². The zero-order chi connectivity index (χ0) is 15.6. The average Bonchev–Trinajstić information content (AvgIpc) is 3.31. The lowest BCUT2D eigenvalue weighted by molar-refractivity contribution is 0.273. The lowest BCUT2D eigenvalue weighted by Crippen LogP contribution is -2.47. The molecule has 4 heteroatoms. The Balaban J connectivity index is 1.60. The van der Waals surface area contributed by atoms with Gasteiger partial charge in [-0.1, -0.05) is 19.1 Å². The maximum Gasteiger partial charge on any atom is 0.193 e. The fraction of sp³-hybridized carbons (Fsp3) is 0.611. The second-order valence-corrected chi connectivity index (χ2v) is 6.86. The number of benzene rings is 1. The van der Waals surface area contributed by atoms with Gasteiger partial charge in [0.1, 0.15) is 5.82 Å². The van der Waals surface area contributed by atoms with Crippen molar-refractivity contribution in [2.24, 2.45) is 10.9 Å². The highest BCUT2D eigenvalue weighted by Gasteiger charge is 2.44. The highest BCUT2D eigenvalue weighted by molar-refractivity contribution is 5.80. The number of likely N-dealkylation sites (tertiary alicyclic amines) is 1. The third kappa shape index (κ3) is 3.26. The minimum Gasteiger partial charge on any atom is -0.355 e. The Kier molecular flexibility index (Phi) is 4.37. The highest BCUT2D eigenvalue weighted by atomic mass is 19.1. The van der Waals surface area contributed by atoms with Crippen molar-refractivity contribution in [2.45, 2.75) is 38.0 Å². The summed E-state index contributed by atoms with van der Waals surface area (Å²) in [6.07, 6.45) is 4.81. The average molecular weight is 303 g/mol. The van der Waals surface area contributed by atoms with Crippen molar-refractivity contribution in [1.29, 1.82) is 0 Å². The van der Waals surface area contributed by atoms with Gasteiger partial charge in [0.15, 0.2) is 5.96 Å². The van der Waals surface area contributed by atoms with Crippen LogP contribution in [0.3, 0.4) is 0 Å². The number of guanidine groups is 1. The molecule has 0 radical (unpaired) electrons. The van der Waals surface area contributed by atoms with Gasteiger partial charge in [0.05, 0.1) is 0 Å². The number of hydrogen-bond donors (Lipinski definition) is 1. The van der Waals surface area contributed by atoms with Crippen molar-refractivity contribution < 1.29 is 4.39 Å². The fourth-order valence-electron chi connectivity index (χ4n) is 3.32. The van der Waals surface area contributed by atoms with Gasteiger partial charge in [0, 0.05) is 32.1 Å². The Bertz CT molecular complexity index is 526. The first-order valence-corrected chi connectivity index (χ1v) is 8.35. The van der Waals surface area contributed by atoms with Crippen LogP contribution in [-0.2, 0) is 5.41 Å². The van der Waals surface area contributed by atoms with Crippen LogP contribution in [0.5, 0.6) is 0 Å². The molecule has 2 fully saturated rings. The van der Waals surface area contributed by atoms with Gasteiger partial charge < -0.3 is 10.2 Å². The molecule has 1 aromatic carbocycles. The first kappa shape index (κ1) is 15.3. The molecule has 2 aliphatic rings. The van der Waals surface area contributed by atoms with Crippen LogP contribution in [0.15, 0.2) is 29.3 Å². The van der Waals surface area contributed by atoms with E-state index in [0.717, 1.165) is 31.5 Å². The minimum atomic E-state index is -0.161. The summed E-state index contributed by atoms with van der Waals surface area (Å²) in [5, 5.41) is 3.55. The van der Waals surface area contributed by atoms with Crippen LogP contribution in [0.25, 0.3) is 0 Å². The Morgan fingerprint density at radius 2 is 1.91 bits per heavy atom. The normalized spacial score (nSPS) is 21.8. The number of hydrogen-bond acceptors (Lipinski definition) is 1. The molecule has 0 spiro atoms. The molecule has 1 aliphatic carbocycles. The second-order valence-electron chi connectivity index (χ2n) is 6.86. The Morgan fingerprint density at radius 3 is 2.45 bits per heavy atom. The van der Waals surface area contributed by atoms with Gasteiger partial charge in [-0.05, 0) is 49.3 Å². The number of rotatable bonds is 3. The quantitative estimate of drug-likeness (QED) is 0.686. The van der Waals surface area contributed by atoms with E-state index < -0.39 is 0 Å². The molecule has 0 bridgehead atoms. The molecule has 1 heterocycles. The molecule has 3 nitrogen and oxygen atoms in total. The fourth-order valence-corrected chi connectivity index (χ4v) is 3.32. The Labute approximate surface area is 132 Å². The molecule has 120 valence electrons. The first-order valence-electron chi connectivity index (χ1n) is 8.35. The molecule has 1 saturated heterocycles. The number of aliphatic imine (C=N–C) groups is 1. The van der Waals surface area contributed by atoms with E-state index in [1.54, 1.807) is 12.1 Å². The van der Waals surface area contributed by atoms with Gasteiger partial charge in [0.2, 0.25) is 0 Å². The smallest absolute Gasteiger partial charge is 0.193 e. The summed E-state index contributed by atoms with van der Waals surface area (Å²) in [6.45, 7) is 5.38. The second kappa shape index (κ2) is 6.27. The monoisotopic (exact) mass is 303 g/mol. The van der Waals surface area contributed by atoms with Gasteiger partial charge >= 0.3 is 0 Å². The maximum atomic E-state index is 13.1. The van der Waals surface area contributed by atoms with E-state index in [9.17, 15) is 4.39 Å². The van der Waals surface area contributed by atoms with Gasteiger partial charge in [-0.2, -0.15) is 0 Å². The van der Waals surface area contributed by atoms with Gasteiger partial charge in [-0.3, -0.25) is 4.99 Å². The van der Waals surface area contributed by atoms with Crippen molar-refractivity contribution in [3.8, 4) is 0 Å². The van der Waals surface area contributed by atoms with Crippen LogP contribution in [0.4, 0.5) is 4.39 Å². The van der Waals surface area contributed by atoms with Crippen molar-refractivity contribution in [1.82, 2.24) is 10.2 Å². The first-order chi connectivity index (χ1) is 10.6. The molecular weight excluding hydrogens is 277 g/mol. The standard InChI is InChI=1S/C18H26FN3/c1-14-7-11-22(12-8-14)17(20-2)21-13-18(9-10-18)15-3-5-16(19)6-4-15/h3-6,14H,7-13H2,1-2H3,(H,20,21). The van der Waals surface area contributed by atoms with Crippen LogP contribution < -0.4 is 5.32 Å². The summed E-state index contributed by atoms with van der Waals surface area (Å²) in [7, 11) is 1.86. The van der Waals surface area contributed by atoms with Gasteiger partial charge in [0.25, 0.3) is 0 Å². The topological polar surface area (TPSA) is 27.6 Å². The van der Waals surface area contributed by atoms with E-state index in [-0.39, 0.29) is 11.2 Å². The van der Waals surface area contributed by atoms with E-state index in [2.05, 4.69) is 22.1 Å². The SMILES string of the molecule is CN=C(NCC1(c2ccc(F)cc2)CC1)N1CCC(C)CC1. The van der Waals surface area contributed by atoms with E-state index in [0.29, 0.717) is 0 Å². The molecule has 22 heavy (non-hydrogen) atoms. The minimum absolute atomic E-state index is 0.161. The van der Waals surface area contributed by atoms with E-state index >= 15 is 0 Å². The number of halogens is 1. The van der Waals surface area contributed by atoms with Crippen LogP contribution in [-0.4, -0.2) is 37.5 Å². The third-order valence-corrected chi connectivity index (χ3v) is 5.19. The van der Waals surface area contributed by atoms with Crippen molar-refractivity contribution in [3.63, 3.8) is 0 Å². The maximum absolute atomic E-state index is 13.1.